The van der Waals surface area contributed by atoms with Crippen LogP contribution in [0.2, 0.25) is 5.02 Å². The predicted octanol–water partition coefficient (Wildman–Crippen LogP) is 3.38. The van der Waals surface area contributed by atoms with Crippen LogP contribution in [0.25, 0.3) is 0 Å². The number of sulfonamides is 1. The Morgan fingerprint density at radius 2 is 1.68 bits per heavy atom. The van der Waals surface area contributed by atoms with E-state index in [2.05, 4.69) is 25.5 Å². The summed E-state index contributed by atoms with van der Waals surface area (Å²) in [6.45, 7) is 3.77. The number of nitrogens with zero attached hydrogens (tertiary/aromatic N) is 2. The summed E-state index contributed by atoms with van der Waals surface area (Å²) in [5.74, 6) is 0.429. The predicted molar refractivity (Wildman–Crippen MR) is 111 cm³/mol. The van der Waals surface area contributed by atoms with Crippen LogP contribution in [0.5, 0.6) is 0 Å². The molecule has 0 amide bonds. The third-order valence-corrected chi connectivity index (χ3v) is 5.62. The second-order valence-electron chi connectivity index (χ2n) is 6.12. The lowest BCUT2D eigenvalue weighted by Crippen LogP contribution is -2.30. The quantitative estimate of drug-likeness (QED) is 0.452. The second-order valence-corrected chi connectivity index (χ2v) is 8.21. The van der Waals surface area contributed by atoms with Gasteiger partial charge in [0.05, 0.1) is 4.90 Å². The van der Waals surface area contributed by atoms with E-state index >= 15 is 0 Å². The van der Waals surface area contributed by atoms with Crippen LogP contribution in [0, 0.1) is 13.8 Å². The number of nitrogen functional groups attached to an aromatic ring is 1. The molecular formula is C18H19ClN6O2S. The minimum Gasteiger partial charge on any atom is -0.393 e. The summed E-state index contributed by atoms with van der Waals surface area (Å²) in [5.41, 5.74) is 11.3. The molecule has 8 nitrogen and oxygen atoms in total. The van der Waals surface area contributed by atoms with Gasteiger partial charge in [-0.2, -0.15) is 0 Å². The molecule has 0 fully saturated rings. The molecule has 10 heteroatoms. The normalized spacial score (nSPS) is 11.2. The van der Waals surface area contributed by atoms with Crippen molar-refractivity contribution >= 4 is 44.6 Å². The van der Waals surface area contributed by atoms with Crippen molar-refractivity contribution in [1.29, 1.82) is 0 Å². The maximum atomic E-state index is 12.4. The lowest BCUT2D eigenvalue weighted by Gasteiger charge is -2.14. The summed E-state index contributed by atoms with van der Waals surface area (Å²) >= 11 is 6.13. The van der Waals surface area contributed by atoms with Crippen LogP contribution in [-0.4, -0.2) is 18.4 Å². The van der Waals surface area contributed by atoms with Crippen molar-refractivity contribution in [3.05, 3.63) is 64.9 Å². The Bertz CT molecular complexity index is 1100. The van der Waals surface area contributed by atoms with Gasteiger partial charge in [0.1, 0.15) is 12.0 Å². The Hall–Kier alpha value is -2.88. The van der Waals surface area contributed by atoms with Crippen LogP contribution in [0.3, 0.4) is 0 Å². The highest BCUT2D eigenvalue weighted by Gasteiger charge is 2.15. The number of hydrazine groups is 1. The summed E-state index contributed by atoms with van der Waals surface area (Å²) in [7, 11) is -3.79. The van der Waals surface area contributed by atoms with Crippen LogP contribution >= 0.6 is 11.6 Å². The smallest absolute Gasteiger partial charge is 0.257 e. The standard InChI is InChI=1S/C18H19ClN6O2S/c1-11-3-7-14(8-4-11)28(26,27)25-24-18-16(20)17(21-10-22-18)23-13-6-5-12(2)15(19)9-13/h3-10,25H,20H2,1-2H3,(H2,21,22,23,24). The molecule has 0 aliphatic rings. The highest BCUT2D eigenvalue weighted by molar-refractivity contribution is 7.89. The van der Waals surface area contributed by atoms with Gasteiger partial charge in [-0.05, 0) is 43.7 Å². The maximum absolute atomic E-state index is 12.4. The molecule has 0 unspecified atom stereocenters. The molecule has 28 heavy (non-hydrogen) atoms. The van der Waals surface area contributed by atoms with E-state index in [9.17, 15) is 8.42 Å². The molecule has 5 N–H and O–H groups in total. The van der Waals surface area contributed by atoms with Crippen molar-refractivity contribution in [3.8, 4) is 0 Å². The van der Waals surface area contributed by atoms with Crippen LogP contribution in [0.1, 0.15) is 11.1 Å². The lowest BCUT2D eigenvalue weighted by molar-refractivity contribution is 0.587. The zero-order valence-corrected chi connectivity index (χ0v) is 16.8. The van der Waals surface area contributed by atoms with Gasteiger partial charge >= 0.3 is 0 Å². The minimum absolute atomic E-state index is 0.117. The fraction of sp³-hybridized carbons (Fsp3) is 0.111. The first kappa shape index (κ1) is 19.9. The maximum Gasteiger partial charge on any atom is 0.257 e. The van der Waals surface area contributed by atoms with Crippen LogP contribution < -0.4 is 21.3 Å². The largest absolute Gasteiger partial charge is 0.393 e. The number of rotatable bonds is 6. The van der Waals surface area contributed by atoms with E-state index < -0.39 is 10.0 Å². The summed E-state index contributed by atoms with van der Waals surface area (Å²) in [6, 6.07) is 11.9. The molecule has 2 aromatic carbocycles. The molecule has 0 bridgehead atoms. The topological polar surface area (TPSA) is 122 Å². The van der Waals surface area contributed by atoms with Crippen LogP contribution in [0.4, 0.5) is 23.0 Å². The van der Waals surface area contributed by atoms with Gasteiger partial charge in [0, 0.05) is 10.7 Å². The van der Waals surface area contributed by atoms with E-state index in [1.165, 1.54) is 18.5 Å². The van der Waals surface area contributed by atoms with Gasteiger partial charge < -0.3 is 11.1 Å². The molecule has 1 heterocycles. The van der Waals surface area contributed by atoms with Gasteiger partial charge in [-0.1, -0.05) is 35.4 Å². The number of hydrogen-bond acceptors (Lipinski definition) is 7. The molecule has 0 saturated heterocycles. The first-order valence-corrected chi connectivity index (χ1v) is 10.1. The van der Waals surface area contributed by atoms with E-state index in [4.69, 9.17) is 17.3 Å². The first-order valence-electron chi connectivity index (χ1n) is 8.24. The SMILES string of the molecule is Cc1ccc(S(=O)(=O)NNc2ncnc(Nc3ccc(C)c(Cl)c3)c2N)cc1. The number of anilines is 4. The summed E-state index contributed by atoms with van der Waals surface area (Å²) in [5, 5.41) is 3.64. The van der Waals surface area contributed by atoms with E-state index in [-0.39, 0.29) is 16.4 Å². The first-order chi connectivity index (χ1) is 13.3. The van der Waals surface area contributed by atoms with Crippen molar-refractivity contribution in [2.75, 3.05) is 16.5 Å². The van der Waals surface area contributed by atoms with E-state index in [1.807, 2.05) is 26.0 Å². The van der Waals surface area contributed by atoms with Gasteiger partial charge in [-0.15, -0.1) is 4.83 Å². The Morgan fingerprint density at radius 3 is 2.36 bits per heavy atom. The third-order valence-electron chi connectivity index (χ3n) is 3.95. The molecule has 0 aliphatic carbocycles. The van der Waals surface area contributed by atoms with Gasteiger partial charge in [-0.3, -0.25) is 5.43 Å². The fourth-order valence-electron chi connectivity index (χ4n) is 2.29. The monoisotopic (exact) mass is 418 g/mol. The van der Waals surface area contributed by atoms with Gasteiger partial charge in [-0.25, -0.2) is 18.4 Å². The number of aryl methyl sites for hydroxylation is 2. The van der Waals surface area contributed by atoms with Gasteiger partial charge in [0.25, 0.3) is 10.0 Å². The van der Waals surface area contributed by atoms with Crippen molar-refractivity contribution in [2.45, 2.75) is 18.7 Å². The molecular weight excluding hydrogens is 400 g/mol. The Labute approximate surface area is 168 Å². The van der Waals surface area contributed by atoms with E-state index in [1.54, 1.807) is 18.2 Å². The number of aromatic nitrogens is 2. The molecule has 0 saturated carbocycles. The number of hydrogen-bond donors (Lipinski definition) is 4. The van der Waals surface area contributed by atoms with Crippen LogP contribution in [-0.2, 0) is 10.0 Å². The molecule has 0 aliphatic heterocycles. The summed E-state index contributed by atoms with van der Waals surface area (Å²) in [4.78, 5) is 10.5. The van der Waals surface area contributed by atoms with Crippen LogP contribution in [0.15, 0.2) is 53.7 Å². The van der Waals surface area contributed by atoms with Crippen molar-refractivity contribution in [3.63, 3.8) is 0 Å². The fourth-order valence-corrected chi connectivity index (χ4v) is 3.32. The van der Waals surface area contributed by atoms with E-state index in [0.29, 0.717) is 16.5 Å². The van der Waals surface area contributed by atoms with Gasteiger partial charge in [0.2, 0.25) is 0 Å². The number of benzene rings is 2. The van der Waals surface area contributed by atoms with E-state index in [0.717, 1.165) is 11.1 Å². The Kier molecular flexibility index (Phi) is 5.68. The number of nitrogens with one attached hydrogen (secondary N) is 3. The van der Waals surface area contributed by atoms with Crippen molar-refractivity contribution < 1.29 is 8.42 Å². The third kappa shape index (κ3) is 4.50. The zero-order valence-electron chi connectivity index (χ0n) is 15.2. The molecule has 0 radical (unpaired) electrons. The van der Waals surface area contributed by atoms with Gasteiger partial charge in [0.15, 0.2) is 11.6 Å². The molecule has 3 aromatic rings. The highest BCUT2D eigenvalue weighted by Crippen LogP contribution is 2.27. The molecule has 146 valence electrons. The second kappa shape index (κ2) is 8.01. The Balaban J connectivity index is 1.77. The lowest BCUT2D eigenvalue weighted by atomic mass is 10.2. The summed E-state index contributed by atoms with van der Waals surface area (Å²) < 4.78 is 24.8. The van der Waals surface area contributed by atoms with Crippen molar-refractivity contribution in [1.82, 2.24) is 14.8 Å². The molecule has 3 rings (SSSR count). The number of nitrogens with two attached hydrogens (primary N) is 1. The average molecular weight is 419 g/mol. The Morgan fingerprint density at radius 1 is 1.00 bits per heavy atom. The molecule has 0 atom stereocenters. The zero-order chi connectivity index (χ0) is 20.3. The van der Waals surface area contributed by atoms with Crippen molar-refractivity contribution in [2.24, 2.45) is 0 Å². The minimum atomic E-state index is -3.79. The molecule has 1 aromatic heterocycles. The summed E-state index contributed by atoms with van der Waals surface area (Å²) in [6.07, 6.45) is 1.26. The average Bonchev–Trinajstić information content (AvgIpc) is 2.66. The molecule has 0 spiro atoms. The highest BCUT2D eigenvalue weighted by atomic mass is 35.5. The number of halogens is 1.